The number of aliphatic hydroxyl groups is 1. The quantitative estimate of drug-likeness (QED) is 0.881. The average Bonchev–Trinajstić information content (AvgIpc) is 2.64. The molecule has 1 aliphatic rings. The molecule has 2 N–H and O–H groups in total. The maximum absolute atomic E-state index is 12.6. The molecule has 5 nitrogen and oxygen atoms in total. The van der Waals surface area contributed by atoms with Crippen LogP contribution in [-0.2, 0) is 0 Å². The van der Waals surface area contributed by atoms with E-state index in [1.807, 2.05) is 54.6 Å². The topological polar surface area (TPSA) is 61.8 Å². The largest absolute Gasteiger partial charge is 0.455 e. The van der Waals surface area contributed by atoms with Crippen molar-refractivity contribution >= 4 is 11.7 Å². The minimum absolute atomic E-state index is 0.135. The summed E-state index contributed by atoms with van der Waals surface area (Å²) in [7, 11) is 0. The highest BCUT2D eigenvalue weighted by molar-refractivity contribution is 5.91. The van der Waals surface area contributed by atoms with Crippen molar-refractivity contribution in [1.82, 2.24) is 4.90 Å². The third kappa shape index (κ3) is 4.51. The highest BCUT2D eigenvalue weighted by atomic mass is 16.5. The molecule has 0 radical (unpaired) electrons. The number of urea groups is 1. The van der Waals surface area contributed by atoms with Crippen molar-refractivity contribution in [1.29, 1.82) is 0 Å². The van der Waals surface area contributed by atoms with Gasteiger partial charge in [0.15, 0.2) is 5.75 Å². The number of likely N-dealkylation sites (tertiary alicyclic amines) is 1. The van der Waals surface area contributed by atoms with Crippen molar-refractivity contribution in [2.24, 2.45) is 5.92 Å². The molecule has 1 aliphatic heterocycles. The standard InChI is InChI=1S/C20H24N2O3/c1-15(23)16-8-7-13-22(14-16)20(24)21-18-11-5-6-12-19(18)25-17-9-3-2-4-10-17/h2-6,9-12,15-16,23H,7-8,13-14H2,1H3,(H,21,24)/t15-,16+/m1/s1. The fourth-order valence-corrected chi connectivity index (χ4v) is 3.06. The van der Waals surface area contributed by atoms with Crippen LogP contribution in [-0.4, -0.2) is 35.2 Å². The molecule has 5 heteroatoms. The van der Waals surface area contributed by atoms with E-state index in [-0.39, 0.29) is 11.9 Å². The van der Waals surface area contributed by atoms with Crippen LogP contribution in [0, 0.1) is 5.92 Å². The number of hydrogen-bond acceptors (Lipinski definition) is 3. The Morgan fingerprint density at radius 1 is 1.20 bits per heavy atom. The second-order valence-corrected chi connectivity index (χ2v) is 6.43. The Hall–Kier alpha value is -2.53. The van der Waals surface area contributed by atoms with E-state index in [1.54, 1.807) is 11.8 Å². The summed E-state index contributed by atoms with van der Waals surface area (Å²) in [5.41, 5.74) is 0.635. The van der Waals surface area contributed by atoms with Gasteiger partial charge in [0.2, 0.25) is 0 Å². The maximum Gasteiger partial charge on any atom is 0.321 e. The van der Waals surface area contributed by atoms with E-state index < -0.39 is 6.10 Å². The lowest BCUT2D eigenvalue weighted by Crippen LogP contribution is -2.44. The molecule has 0 aromatic heterocycles. The van der Waals surface area contributed by atoms with Gasteiger partial charge < -0.3 is 20.1 Å². The van der Waals surface area contributed by atoms with Gasteiger partial charge in [-0.2, -0.15) is 0 Å². The number of nitrogens with zero attached hydrogens (tertiary/aromatic N) is 1. The molecule has 0 spiro atoms. The molecule has 1 heterocycles. The van der Waals surface area contributed by atoms with Gasteiger partial charge in [0, 0.05) is 19.0 Å². The number of ether oxygens (including phenoxy) is 1. The number of rotatable bonds is 4. The van der Waals surface area contributed by atoms with Crippen LogP contribution in [0.1, 0.15) is 19.8 Å². The van der Waals surface area contributed by atoms with Gasteiger partial charge in [-0.1, -0.05) is 30.3 Å². The van der Waals surface area contributed by atoms with Crippen molar-refractivity contribution < 1.29 is 14.6 Å². The van der Waals surface area contributed by atoms with Crippen LogP contribution >= 0.6 is 0 Å². The molecule has 3 rings (SSSR count). The summed E-state index contributed by atoms with van der Waals surface area (Å²) in [6.45, 7) is 3.07. The van der Waals surface area contributed by atoms with Gasteiger partial charge in [-0.05, 0) is 44.0 Å². The number of carbonyl (C=O) groups is 1. The SMILES string of the molecule is C[C@@H](O)[C@H]1CCCN(C(=O)Nc2ccccc2Oc2ccccc2)C1. The van der Waals surface area contributed by atoms with E-state index in [4.69, 9.17) is 4.74 Å². The Morgan fingerprint density at radius 3 is 2.68 bits per heavy atom. The molecule has 25 heavy (non-hydrogen) atoms. The molecule has 132 valence electrons. The predicted octanol–water partition coefficient (Wildman–Crippen LogP) is 4.10. The summed E-state index contributed by atoms with van der Waals surface area (Å²) in [6, 6.07) is 16.7. The van der Waals surface area contributed by atoms with E-state index in [2.05, 4.69) is 5.32 Å². The Morgan fingerprint density at radius 2 is 1.92 bits per heavy atom. The zero-order valence-electron chi connectivity index (χ0n) is 14.4. The van der Waals surface area contributed by atoms with Crippen molar-refractivity contribution in [2.75, 3.05) is 18.4 Å². The van der Waals surface area contributed by atoms with Crippen molar-refractivity contribution in [2.45, 2.75) is 25.9 Å². The molecule has 0 saturated carbocycles. The number of aliphatic hydroxyl groups excluding tert-OH is 1. The smallest absolute Gasteiger partial charge is 0.321 e. The number of benzene rings is 2. The first-order valence-electron chi connectivity index (χ1n) is 8.69. The van der Waals surface area contributed by atoms with Crippen molar-refractivity contribution in [3.05, 3.63) is 54.6 Å². The minimum Gasteiger partial charge on any atom is -0.455 e. The molecular formula is C20H24N2O3. The molecule has 0 unspecified atom stereocenters. The summed E-state index contributed by atoms with van der Waals surface area (Å²) in [4.78, 5) is 14.4. The zero-order valence-corrected chi connectivity index (χ0v) is 14.4. The van der Waals surface area contributed by atoms with Gasteiger partial charge in [0.1, 0.15) is 5.75 Å². The molecular weight excluding hydrogens is 316 g/mol. The van der Waals surface area contributed by atoms with E-state index in [1.165, 1.54) is 0 Å². The number of carbonyl (C=O) groups excluding carboxylic acids is 1. The molecule has 1 saturated heterocycles. The van der Waals surface area contributed by atoms with Crippen molar-refractivity contribution in [3.8, 4) is 11.5 Å². The lowest BCUT2D eigenvalue weighted by atomic mass is 9.94. The highest BCUT2D eigenvalue weighted by Crippen LogP contribution is 2.30. The summed E-state index contributed by atoms with van der Waals surface area (Å²) in [6.07, 6.45) is 1.46. The van der Waals surface area contributed by atoms with Gasteiger partial charge in [0.25, 0.3) is 0 Å². The highest BCUT2D eigenvalue weighted by Gasteiger charge is 2.26. The van der Waals surface area contributed by atoms with Crippen LogP contribution in [0.5, 0.6) is 11.5 Å². The maximum atomic E-state index is 12.6. The molecule has 1 fully saturated rings. The van der Waals surface area contributed by atoms with Gasteiger partial charge in [0.05, 0.1) is 11.8 Å². The number of nitrogens with one attached hydrogen (secondary N) is 1. The molecule has 0 bridgehead atoms. The second kappa shape index (κ2) is 8.03. The Labute approximate surface area is 148 Å². The van der Waals surface area contributed by atoms with Gasteiger partial charge >= 0.3 is 6.03 Å². The summed E-state index contributed by atoms with van der Waals surface area (Å²) in [5, 5.41) is 12.7. The first-order valence-corrected chi connectivity index (χ1v) is 8.69. The third-order valence-electron chi connectivity index (χ3n) is 4.53. The van der Waals surface area contributed by atoms with Crippen LogP contribution in [0.25, 0.3) is 0 Å². The van der Waals surface area contributed by atoms with E-state index in [0.717, 1.165) is 18.6 Å². The molecule has 2 amide bonds. The minimum atomic E-state index is -0.399. The molecule has 2 aromatic rings. The number of para-hydroxylation sites is 3. The summed E-state index contributed by atoms with van der Waals surface area (Å²) < 4.78 is 5.88. The first-order chi connectivity index (χ1) is 12.1. The van der Waals surface area contributed by atoms with Gasteiger partial charge in [-0.15, -0.1) is 0 Å². The first kappa shape index (κ1) is 17.3. The normalized spacial score (nSPS) is 18.5. The van der Waals surface area contributed by atoms with E-state index in [0.29, 0.717) is 24.5 Å². The van der Waals surface area contributed by atoms with E-state index >= 15 is 0 Å². The van der Waals surface area contributed by atoms with Crippen LogP contribution in [0.2, 0.25) is 0 Å². The Kier molecular flexibility index (Phi) is 5.56. The number of hydrogen-bond donors (Lipinski definition) is 2. The lowest BCUT2D eigenvalue weighted by Gasteiger charge is -2.34. The fourth-order valence-electron chi connectivity index (χ4n) is 3.06. The van der Waals surface area contributed by atoms with Gasteiger partial charge in [-0.3, -0.25) is 0 Å². The van der Waals surface area contributed by atoms with Crippen LogP contribution in [0.3, 0.4) is 0 Å². The Bertz CT molecular complexity index is 703. The number of anilines is 1. The lowest BCUT2D eigenvalue weighted by molar-refractivity contribution is 0.0766. The number of piperidine rings is 1. The molecule has 2 atom stereocenters. The second-order valence-electron chi connectivity index (χ2n) is 6.43. The zero-order chi connectivity index (χ0) is 17.6. The molecule has 0 aliphatic carbocycles. The summed E-state index contributed by atoms with van der Waals surface area (Å²) >= 11 is 0. The molecule has 2 aromatic carbocycles. The monoisotopic (exact) mass is 340 g/mol. The van der Waals surface area contributed by atoms with Crippen molar-refractivity contribution in [3.63, 3.8) is 0 Å². The average molecular weight is 340 g/mol. The number of amides is 2. The van der Waals surface area contributed by atoms with E-state index in [9.17, 15) is 9.90 Å². The van der Waals surface area contributed by atoms with Crippen LogP contribution in [0.4, 0.5) is 10.5 Å². The third-order valence-corrected chi connectivity index (χ3v) is 4.53. The predicted molar refractivity (Wildman–Crippen MR) is 98.0 cm³/mol. The Balaban J connectivity index is 1.69. The van der Waals surface area contributed by atoms with Gasteiger partial charge in [-0.25, -0.2) is 4.79 Å². The summed E-state index contributed by atoms with van der Waals surface area (Å²) in [5.74, 6) is 1.46. The van der Waals surface area contributed by atoms with Crippen LogP contribution < -0.4 is 10.1 Å². The van der Waals surface area contributed by atoms with Crippen LogP contribution in [0.15, 0.2) is 54.6 Å². The fraction of sp³-hybridized carbons (Fsp3) is 0.350.